The van der Waals surface area contributed by atoms with Crippen LogP contribution in [-0.4, -0.2) is 50.4 Å². The molecule has 0 bridgehead atoms. The quantitative estimate of drug-likeness (QED) is 0.0355. The minimum absolute atomic E-state index is 0.162. The third kappa shape index (κ3) is 5.26. The normalized spacial score (nSPS) is 14.6. The van der Waals surface area contributed by atoms with Gasteiger partial charge >= 0.3 is 0 Å². The van der Waals surface area contributed by atoms with Crippen LogP contribution < -0.4 is 0 Å². The van der Waals surface area contributed by atoms with E-state index in [1.165, 1.54) is 15.9 Å². The number of amides is 4. The molecule has 0 spiro atoms. The summed E-state index contributed by atoms with van der Waals surface area (Å²) < 4.78 is 0. The molecule has 0 atom stereocenters. The Morgan fingerprint density at radius 3 is 1.29 bits per heavy atom. The van der Waals surface area contributed by atoms with E-state index in [0.29, 0.717) is 72.6 Å². The Morgan fingerprint density at radius 1 is 0.510 bits per heavy atom. The Hall–Kier alpha value is -4.92. The van der Waals surface area contributed by atoms with Crippen LogP contribution in [0.4, 0.5) is 5.69 Å². The van der Waals surface area contributed by atoms with Crippen LogP contribution in [0.15, 0.2) is 42.5 Å². The van der Waals surface area contributed by atoms with Crippen LogP contribution in [0.5, 0.6) is 0 Å². The second-order valence-corrected chi connectivity index (χ2v) is 14.4. The van der Waals surface area contributed by atoms with Crippen LogP contribution in [0.25, 0.3) is 43.1 Å². The number of benzene rings is 5. The van der Waals surface area contributed by atoms with Crippen molar-refractivity contribution in [3.63, 3.8) is 0 Å². The maximum atomic E-state index is 14.3. The second kappa shape index (κ2) is 13.7. The fourth-order valence-corrected chi connectivity index (χ4v) is 8.75. The molecule has 264 valence electrons. The van der Waals surface area contributed by atoms with Crippen LogP contribution in [0.3, 0.4) is 0 Å². The number of nitro benzene ring substituents is 1. The molecule has 5 aromatic carbocycles. The molecule has 0 radical (unpaired) electrons. The summed E-state index contributed by atoms with van der Waals surface area (Å²) in [5, 5.41) is 17.1. The molecule has 0 unspecified atom stereocenters. The van der Waals surface area contributed by atoms with Crippen LogP contribution in [0, 0.1) is 10.1 Å². The number of carbonyl (C=O) groups is 4. The van der Waals surface area contributed by atoms with Gasteiger partial charge in [-0.3, -0.25) is 39.1 Å². The molecular weight excluding hydrogens is 642 g/mol. The van der Waals surface area contributed by atoms with Crippen molar-refractivity contribution in [2.75, 3.05) is 0 Å². The Morgan fingerprint density at radius 2 is 0.882 bits per heavy atom. The third-order valence-corrected chi connectivity index (χ3v) is 11.3. The molecule has 2 aliphatic heterocycles. The van der Waals surface area contributed by atoms with Gasteiger partial charge in [0.1, 0.15) is 0 Å². The Labute approximate surface area is 297 Å². The van der Waals surface area contributed by atoms with Crippen molar-refractivity contribution in [1.29, 1.82) is 0 Å². The summed E-state index contributed by atoms with van der Waals surface area (Å²) in [6.45, 7) is 8.34. The molecule has 0 aliphatic carbocycles. The van der Waals surface area contributed by atoms with E-state index < -0.39 is 10.8 Å². The molecular formula is C42H45N3O6. The molecule has 0 N–H and O–H groups in total. The molecule has 9 nitrogen and oxygen atoms in total. The average molecular weight is 688 g/mol. The zero-order valence-corrected chi connectivity index (χ0v) is 30.0. The lowest BCUT2D eigenvalue weighted by Crippen LogP contribution is -2.47. The number of nitrogens with zero attached hydrogens (tertiary/aromatic N) is 3. The highest BCUT2D eigenvalue weighted by Crippen LogP contribution is 2.49. The molecule has 0 saturated heterocycles. The standard InChI is InChI=1S/C42H45N3O6/c1-5-9-13-24(14-10-6-2)43-39(46)29-20-17-26-27-18-21-31-36-32(42(49)44(41(31)48)25(15-11-7-3)16-12-8-4)23-33(45(50)51)37(38(27)36)28-19-22-30(40(43)47)35(29)34(26)28/h17-25H,5-16H2,1-4H3. The van der Waals surface area contributed by atoms with Crippen molar-refractivity contribution in [3.8, 4) is 0 Å². The van der Waals surface area contributed by atoms with Gasteiger partial charge in [0.25, 0.3) is 29.3 Å². The van der Waals surface area contributed by atoms with Gasteiger partial charge in [-0.25, -0.2) is 0 Å². The van der Waals surface area contributed by atoms with E-state index >= 15 is 0 Å². The Bertz CT molecular complexity index is 2220. The molecule has 9 heteroatoms. The summed E-state index contributed by atoms with van der Waals surface area (Å²) in [6, 6.07) is 11.4. The van der Waals surface area contributed by atoms with Gasteiger partial charge in [-0.1, -0.05) is 97.3 Å². The third-order valence-electron chi connectivity index (χ3n) is 11.3. The van der Waals surface area contributed by atoms with Gasteiger partial charge in [0.15, 0.2) is 0 Å². The average Bonchev–Trinajstić information content (AvgIpc) is 3.13. The number of rotatable bonds is 15. The molecule has 51 heavy (non-hydrogen) atoms. The van der Waals surface area contributed by atoms with Gasteiger partial charge in [-0.2, -0.15) is 0 Å². The number of hydrogen-bond donors (Lipinski definition) is 0. The molecule has 7 rings (SSSR count). The highest BCUT2D eigenvalue weighted by atomic mass is 16.6. The molecule has 4 amide bonds. The number of fused-ring (bicyclic) bond motifs is 2. The minimum Gasteiger partial charge on any atom is -0.271 e. The molecule has 2 aliphatic rings. The Kier molecular flexibility index (Phi) is 9.25. The van der Waals surface area contributed by atoms with Crippen LogP contribution in [-0.2, 0) is 0 Å². The monoisotopic (exact) mass is 687 g/mol. The maximum Gasteiger partial charge on any atom is 0.278 e. The molecule has 5 aromatic rings. The first kappa shape index (κ1) is 34.5. The smallest absolute Gasteiger partial charge is 0.271 e. The van der Waals surface area contributed by atoms with E-state index in [4.69, 9.17) is 0 Å². The van der Waals surface area contributed by atoms with Gasteiger partial charge in [-0.15, -0.1) is 0 Å². The van der Waals surface area contributed by atoms with Gasteiger partial charge < -0.3 is 0 Å². The number of non-ortho nitro benzene ring substituents is 1. The van der Waals surface area contributed by atoms with Crippen LogP contribution >= 0.6 is 0 Å². The summed E-state index contributed by atoms with van der Waals surface area (Å²) in [4.78, 5) is 72.4. The van der Waals surface area contributed by atoms with Crippen LogP contribution in [0.2, 0.25) is 0 Å². The van der Waals surface area contributed by atoms with Gasteiger partial charge in [0.2, 0.25) is 0 Å². The van der Waals surface area contributed by atoms with Crippen molar-refractivity contribution < 1.29 is 24.1 Å². The first-order valence-electron chi connectivity index (χ1n) is 18.8. The number of unbranched alkanes of at least 4 members (excludes halogenated alkanes) is 4. The molecule has 2 heterocycles. The predicted octanol–water partition coefficient (Wildman–Crippen LogP) is 10.3. The van der Waals surface area contributed by atoms with Crippen molar-refractivity contribution >= 4 is 72.4 Å². The zero-order chi connectivity index (χ0) is 36.1. The summed E-state index contributed by atoms with van der Waals surface area (Å²) in [6.07, 6.45) is 10.1. The van der Waals surface area contributed by atoms with E-state index in [9.17, 15) is 29.3 Å². The lowest BCUT2D eigenvalue weighted by molar-refractivity contribution is -0.383. The van der Waals surface area contributed by atoms with Crippen molar-refractivity contribution in [3.05, 3.63) is 74.8 Å². The van der Waals surface area contributed by atoms with E-state index in [1.807, 2.05) is 12.1 Å². The maximum absolute atomic E-state index is 14.3. The minimum atomic E-state index is -0.496. The summed E-state index contributed by atoms with van der Waals surface area (Å²) in [5.41, 5.74) is 1.10. The van der Waals surface area contributed by atoms with Gasteiger partial charge in [0.05, 0.1) is 15.9 Å². The number of carbonyl (C=O) groups excluding carboxylic acids is 4. The summed E-state index contributed by atoms with van der Waals surface area (Å²) in [7, 11) is 0. The fourth-order valence-electron chi connectivity index (χ4n) is 8.75. The molecule has 0 saturated carbocycles. The van der Waals surface area contributed by atoms with E-state index in [0.717, 1.165) is 64.2 Å². The van der Waals surface area contributed by atoms with Gasteiger partial charge in [0, 0.05) is 51.0 Å². The molecule has 0 aromatic heterocycles. The zero-order valence-electron chi connectivity index (χ0n) is 30.0. The van der Waals surface area contributed by atoms with E-state index in [2.05, 4.69) is 27.7 Å². The number of nitro groups is 1. The number of hydrogen-bond acceptors (Lipinski definition) is 6. The van der Waals surface area contributed by atoms with E-state index in [-0.39, 0.29) is 41.1 Å². The van der Waals surface area contributed by atoms with Crippen molar-refractivity contribution in [2.24, 2.45) is 0 Å². The second-order valence-electron chi connectivity index (χ2n) is 14.4. The van der Waals surface area contributed by atoms with Crippen LogP contribution in [0.1, 0.15) is 146 Å². The largest absolute Gasteiger partial charge is 0.278 e. The Balaban J connectivity index is 1.48. The van der Waals surface area contributed by atoms with E-state index in [1.54, 1.807) is 24.3 Å². The highest BCUT2D eigenvalue weighted by Gasteiger charge is 2.42. The number of imide groups is 2. The molecule has 0 fully saturated rings. The predicted molar refractivity (Wildman–Crippen MR) is 201 cm³/mol. The van der Waals surface area contributed by atoms with Gasteiger partial charge in [-0.05, 0) is 65.4 Å². The summed E-state index contributed by atoms with van der Waals surface area (Å²) >= 11 is 0. The lowest BCUT2D eigenvalue weighted by atomic mass is 9.81. The first-order valence-corrected chi connectivity index (χ1v) is 18.8. The first-order chi connectivity index (χ1) is 24.7. The van der Waals surface area contributed by atoms with Crippen molar-refractivity contribution in [1.82, 2.24) is 9.80 Å². The highest BCUT2D eigenvalue weighted by molar-refractivity contribution is 6.42. The lowest BCUT2D eigenvalue weighted by Gasteiger charge is -2.35. The fraction of sp³-hybridized carbons (Fsp3) is 0.429. The summed E-state index contributed by atoms with van der Waals surface area (Å²) in [5.74, 6) is -1.54. The topological polar surface area (TPSA) is 118 Å². The SMILES string of the molecule is CCCCC(CCCC)N1C(=O)c2ccc3c4ccc5c6c(cc([N+](=O)[O-])c(c7ccc(c2c37)C1=O)c64)C(=O)N(C(CCCC)CCCC)C5=O. The van der Waals surface area contributed by atoms with Crippen molar-refractivity contribution in [2.45, 2.75) is 117 Å².